The Kier molecular flexibility index (Phi) is 5.62. The molecule has 3 rings (SSSR count). The second kappa shape index (κ2) is 7.78. The van der Waals surface area contributed by atoms with Gasteiger partial charge in [0.25, 0.3) is 5.91 Å². The third-order valence-corrected chi connectivity index (χ3v) is 6.84. The number of carbonyl (C=O) groups excluding carboxylic acids is 1. The highest BCUT2D eigenvalue weighted by atomic mass is 32.2. The zero-order valence-electron chi connectivity index (χ0n) is 15.1. The number of anilines is 1. The molecule has 27 heavy (non-hydrogen) atoms. The van der Waals surface area contributed by atoms with Gasteiger partial charge in [-0.25, -0.2) is 12.8 Å². The number of rotatable bonds is 5. The average Bonchev–Trinajstić information content (AvgIpc) is 2.63. The Bertz CT molecular complexity index is 919. The maximum absolute atomic E-state index is 13.0. The van der Waals surface area contributed by atoms with Crippen molar-refractivity contribution < 1.29 is 22.3 Å². The molecule has 2 aromatic carbocycles. The monoisotopic (exact) mass is 391 g/mol. The second-order valence-electron chi connectivity index (χ2n) is 7.17. The zero-order valence-corrected chi connectivity index (χ0v) is 15.9. The van der Waals surface area contributed by atoms with E-state index in [4.69, 9.17) is 4.74 Å². The summed E-state index contributed by atoms with van der Waals surface area (Å²) in [6, 6.07) is 11.4. The van der Waals surface area contributed by atoms with Crippen molar-refractivity contribution in [1.29, 1.82) is 0 Å². The van der Waals surface area contributed by atoms with Crippen molar-refractivity contribution in [3.05, 3.63) is 59.9 Å². The molecule has 0 radical (unpaired) electrons. The van der Waals surface area contributed by atoms with Crippen molar-refractivity contribution in [2.45, 2.75) is 24.7 Å². The fourth-order valence-electron chi connectivity index (χ4n) is 3.12. The minimum absolute atomic E-state index is 0.0202. The fourth-order valence-corrected chi connectivity index (χ4v) is 5.08. The Hall–Kier alpha value is -2.25. The standard InChI is InChI=1S/C20H22FNO4S/c1-20(9-11-26-12-10-20)14-27(24,25)18-4-2-3-15(13-18)19(23)22-17-7-5-16(21)6-8-17/h2-8,13H,9-12,14H2,1H3,(H,22,23). The summed E-state index contributed by atoms with van der Waals surface area (Å²) in [6.07, 6.45) is 1.38. The molecular formula is C20H22FNO4S. The van der Waals surface area contributed by atoms with E-state index in [1.165, 1.54) is 36.4 Å². The van der Waals surface area contributed by atoms with Crippen molar-refractivity contribution in [2.75, 3.05) is 24.3 Å². The summed E-state index contributed by atoms with van der Waals surface area (Å²) in [5.41, 5.74) is 0.339. The van der Waals surface area contributed by atoms with Crippen LogP contribution in [0.5, 0.6) is 0 Å². The molecule has 144 valence electrons. The van der Waals surface area contributed by atoms with E-state index >= 15 is 0 Å². The fraction of sp³-hybridized carbons (Fsp3) is 0.350. The highest BCUT2D eigenvalue weighted by Gasteiger charge is 2.33. The highest BCUT2D eigenvalue weighted by Crippen LogP contribution is 2.33. The summed E-state index contributed by atoms with van der Waals surface area (Å²) < 4.78 is 44.0. The van der Waals surface area contributed by atoms with Gasteiger partial charge in [-0.3, -0.25) is 4.79 Å². The van der Waals surface area contributed by atoms with E-state index < -0.39 is 21.6 Å². The molecule has 1 N–H and O–H groups in total. The topological polar surface area (TPSA) is 72.5 Å². The number of hydrogen-bond donors (Lipinski definition) is 1. The first-order valence-electron chi connectivity index (χ1n) is 8.75. The van der Waals surface area contributed by atoms with Gasteiger partial charge < -0.3 is 10.1 Å². The van der Waals surface area contributed by atoms with Crippen LogP contribution in [0.25, 0.3) is 0 Å². The zero-order chi connectivity index (χ0) is 19.5. The molecule has 0 atom stereocenters. The summed E-state index contributed by atoms with van der Waals surface area (Å²) in [4.78, 5) is 12.5. The lowest BCUT2D eigenvalue weighted by molar-refractivity contribution is 0.0341. The SMILES string of the molecule is CC1(CS(=O)(=O)c2cccc(C(=O)Nc3ccc(F)cc3)c2)CCOCC1. The Morgan fingerprint density at radius 2 is 1.81 bits per heavy atom. The van der Waals surface area contributed by atoms with Gasteiger partial charge in [-0.1, -0.05) is 13.0 Å². The summed E-state index contributed by atoms with van der Waals surface area (Å²) in [5, 5.41) is 2.64. The van der Waals surface area contributed by atoms with Gasteiger partial charge >= 0.3 is 0 Å². The molecule has 1 aliphatic rings. The number of ether oxygens (including phenoxy) is 1. The van der Waals surface area contributed by atoms with E-state index in [-0.39, 0.29) is 21.6 Å². The van der Waals surface area contributed by atoms with Gasteiger partial charge in [0.05, 0.1) is 10.6 Å². The molecule has 0 aliphatic carbocycles. The van der Waals surface area contributed by atoms with Gasteiger partial charge in [-0.2, -0.15) is 0 Å². The lowest BCUT2D eigenvalue weighted by atomic mass is 9.85. The highest BCUT2D eigenvalue weighted by molar-refractivity contribution is 7.91. The number of hydrogen-bond acceptors (Lipinski definition) is 4. The van der Waals surface area contributed by atoms with E-state index in [9.17, 15) is 17.6 Å². The molecule has 1 aliphatic heterocycles. The second-order valence-corrected chi connectivity index (χ2v) is 9.16. The van der Waals surface area contributed by atoms with Crippen molar-refractivity contribution in [2.24, 2.45) is 5.41 Å². The van der Waals surface area contributed by atoms with Gasteiger partial charge in [0.2, 0.25) is 0 Å². The van der Waals surface area contributed by atoms with Crippen molar-refractivity contribution >= 4 is 21.4 Å². The van der Waals surface area contributed by atoms with Crippen LogP contribution in [-0.4, -0.2) is 33.3 Å². The van der Waals surface area contributed by atoms with Crippen LogP contribution in [0, 0.1) is 11.2 Å². The van der Waals surface area contributed by atoms with E-state index in [2.05, 4.69) is 5.32 Å². The Morgan fingerprint density at radius 1 is 1.15 bits per heavy atom. The van der Waals surface area contributed by atoms with E-state index in [0.29, 0.717) is 31.7 Å². The van der Waals surface area contributed by atoms with Crippen LogP contribution in [0.3, 0.4) is 0 Å². The van der Waals surface area contributed by atoms with E-state index in [1.54, 1.807) is 12.1 Å². The molecule has 1 heterocycles. The lowest BCUT2D eigenvalue weighted by Gasteiger charge is -2.33. The molecular weight excluding hydrogens is 369 g/mol. The molecule has 0 aromatic heterocycles. The molecule has 0 bridgehead atoms. The van der Waals surface area contributed by atoms with E-state index in [1.807, 2.05) is 6.92 Å². The maximum atomic E-state index is 13.0. The van der Waals surface area contributed by atoms with Gasteiger partial charge in [0.1, 0.15) is 5.82 Å². The molecule has 7 heteroatoms. The van der Waals surface area contributed by atoms with Crippen molar-refractivity contribution in [1.82, 2.24) is 0 Å². The minimum Gasteiger partial charge on any atom is -0.381 e. The van der Waals surface area contributed by atoms with Crippen LogP contribution in [0.2, 0.25) is 0 Å². The smallest absolute Gasteiger partial charge is 0.255 e. The van der Waals surface area contributed by atoms with Crippen LogP contribution >= 0.6 is 0 Å². The number of halogens is 1. The molecule has 1 fully saturated rings. The van der Waals surface area contributed by atoms with Crippen LogP contribution in [0.15, 0.2) is 53.4 Å². The van der Waals surface area contributed by atoms with Crippen LogP contribution in [0.4, 0.5) is 10.1 Å². The van der Waals surface area contributed by atoms with Crippen molar-refractivity contribution in [3.63, 3.8) is 0 Å². The summed E-state index contributed by atoms with van der Waals surface area (Å²) in [5.74, 6) is -0.828. The first-order chi connectivity index (χ1) is 12.8. The first kappa shape index (κ1) is 19.5. The van der Waals surface area contributed by atoms with Crippen LogP contribution in [0.1, 0.15) is 30.1 Å². The average molecular weight is 391 g/mol. The summed E-state index contributed by atoms with van der Waals surface area (Å²) in [6.45, 7) is 3.08. The molecule has 1 amide bonds. The number of carbonyl (C=O) groups is 1. The minimum atomic E-state index is -3.54. The summed E-state index contributed by atoms with van der Waals surface area (Å²) in [7, 11) is -3.54. The van der Waals surface area contributed by atoms with Gasteiger partial charge in [0, 0.05) is 24.5 Å². The molecule has 0 saturated carbocycles. The Labute approximate surface area is 158 Å². The molecule has 0 unspecified atom stereocenters. The molecule has 5 nitrogen and oxygen atoms in total. The van der Waals surface area contributed by atoms with Crippen LogP contribution in [-0.2, 0) is 14.6 Å². The van der Waals surface area contributed by atoms with Gasteiger partial charge in [-0.05, 0) is 60.7 Å². The third kappa shape index (κ3) is 4.93. The number of amides is 1. The number of sulfone groups is 1. The van der Waals surface area contributed by atoms with Crippen molar-refractivity contribution in [3.8, 4) is 0 Å². The number of benzene rings is 2. The Balaban J connectivity index is 1.77. The molecule has 0 spiro atoms. The molecule has 2 aromatic rings. The Morgan fingerprint density at radius 3 is 2.48 bits per heavy atom. The van der Waals surface area contributed by atoms with E-state index in [0.717, 1.165) is 0 Å². The first-order valence-corrected chi connectivity index (χ1v) is 10.4. The number of nitrogens with one attached hydrogen (secondary N) is 1. The molecule has 1 saturated heterocycles. The van der Waals surface area contributed by atoms with Gasteiger partial charge in [-0.15, -0.1) is 0 Å². The lowest BCUT2D eigenvalue weighted by Crippen LogP contribution is -2.33. The van der Waals surface area contributed by atoms with Gasteiger partial charge in [0.15, 0.2) is 9.84 Å². The van der Waals surface area contributed by atoms with Crippen LogP contribution < -0.4 is 5.32 Å². The quantitative estimate of drug-likeness (QED) is 0.844. The predicted molar refractivity (Wildman–Crippen MR) is 101 cm³/mol. The third-order valence-electron chi connectivity index (χ3n) is 4.80. The normalized spacial score (nSPS) is 16.7. The summed E-state index contributed by atoms with van der Waals surface area (Å²) >= 11 is 0. The largest absolute Gasteiger partial charge is 0.381 e. The maximum Gasteiger partial charge on any atom is 0.255 e. The predicted octanol–water partition coefficient (Wildman–Crippen LogP) is 3.67.